The van der Waals surface area contributed by atoms with E-state index in [0.29, 0.717) is 0 Å². The molecule has 5 heteroatoms. The molecule has 0 bridgehead atoms. The average Bonchev–Trinajstić information content (AvgIpc) is 2.68. The molecular weight excluding hydrogens is 294 g/mol. The molecule has 0 saturated heterocycles. The Morgan fingerprint density at radius 1 is 1.44 bits per heavy atom. The third-order valence-electron chi connectivity index (χ3n) is 2.97. The number of rotatable bonds is 4. The summed E-state index contributed by atoms with van der Waals surface area (Å²) in [6.07, 6.45) is 1.88. The van der Waals surface area contributed by atoms with E-state index >= 15 is 0 Å². The predicted molar refractivity (Wildman–Crippen MR) is 76.0 cm³/mol. The van der Waals surface area contributed by atoms with Crippen LogP contribution in [0.1, 0.15) is 11.3 Å². The van der Waals surface area contributed by atoms with Gasteiger partial charge in [0.1, 0.15) is 5.75 Å². The molecule has 0 aliphatic carbocycles. The van der Waals surface area contributed by atoms with Gasteiger partial charge in [-0.25, -0.2) is 0 Å². The van der Waals surface area contributed by atoms with E-state index in [1.54, 1.807) is 7.11 Å². The summed E-state index contributed by atoms with van der Waals surface area (Å²) >= 11 is 3.46. The van der Waals surface area contributed by atoms with Gasteiger partial charge in [0.05, 0.1) is 19.0 Å². The molecule has 1 heterocycles. The smallest absolute Gasteiger partial charge is 0.142 e. The highest BCUT2D eigenvalue weighted by molar-refractivity contribution is 9.10. The molecule has 96 valence electrons. The molecule has 0 aliphatic rings. The molecule has 0 amide bonds. The molecule has 4 nitrogen and oxygen atoms in total. The van der Waals surface area contributed by atoms with E-state index in [0.717, 1.165) is 28.1 Å². The largest absolute Gasteiger partial charge is 0.495 e. The Balaban J connectivity index is 2.15. The number of ether oxygens (including phenoxy) is 1. The Kier molecular flexibility index (Phi) is 3.91. The second-order valence-electron chi connectivity index (χ2n) is 4.08. The minimum Gasteiger partial charge on any atom is -0.495 e. The summed E-state index contributed by atoms with van der Waals surface area (Å²) in [5, 5.41) is 7.59. The fourth-order valence-electron chi connectivity index (χ4n) is 1.73. The number of nitrogens with zero attached hydrogens (tertiary/aromatic N) is 2. The topological polar surface area (TPSA) is 39.1 Å². The first-order chi connectivity index (χ1) is 8.61. The predicted octanol–water partition coefficient (Wildman–Crippen LogP) is 3.11. The fraction of sp³-hybridized carbons (Fsp3) is 0.308. The third-order valence-corrected chi connectivity index (χ3v) is 3.46. The van der Waals surface area contributed by atoms with Crippen LogP contribution in [-0.4, -0.2) is 16.9 Å². The van der Waals surface area contributed by atoms with Gasteiger partial charge >= 0.3 is 0 Å². The van der Waals surface area contributed by atoms with Gasteiger partial charge < -0.3 is 10.1 Å². The first kappa shape index (κ1) is 13.0. The first-order valence-corrected chi connectivity index (χ1v) is 6.46. The van der Waals surface area contributed by atoms with E-state index in [4.69, 9.17) is 4.74 Å². The lowest BCUT2D eigenvalue weighted by Gasteiger charge is -2.11. The standard InChI is InChI=1S/C13H16BrN3O/c1-9-10(8-16-17(9)2)7-15-12-6-11(14)4-5-13(12)18-3/h4-6,8,15H,7H2,1-3H3. The van der Waals surface area contributed by atoms with Crippen molar-refractivity contribution in [2.75, 3.05) is 12.4 Å². The van der Waals surface area contributed by atoms with Gasteiger partial charge in [0.25, 0.3) is 0 Å². The van der Waals surface area contributed by atoms with Gasteiger partial charge in [-0.3, -0.25) is 4.68 Å². The highest BCUT2D eigenvalue weighted by Crippen LogP contribution is 2.28. The quantitative estimate of drug-likeness (QED) is 0.943. The van der Waals surface area contributed by atoms with Crippen LogP contribution in [0, 0.1) is 6.92 Å². The van der Waals surface area contributed by atoms with Gasteiger partial charge in [0.15, 0.2) is 0 Å². The Hall–Kier alpha value is -1.49. The number of benzene rings is 1. The molecule has 1 aromatic heterocycles. The number of methoxy groups -OCH3 is 1. The summed E-state index contributed by atoms with van der Waals surface area (Å²) in [5.74, 6) is 0.833. The minimum atomic E-state index is 0.729. The first-order valence-electron chi connectivity index (χ1n) is 5.66. The van der Waals surface area contributed by atoms with E-state index < -0.39 is 0 Å². The summed E-state index contributed by atoms with van der Waals surface area (Å²) in [6.45, 7) is 2.79. The Labute approximate surface area is 115 Å². The van der Waals surface area contributed by atoms with Crippen molar-refractivity contribution in [3.05, 3.63) is 40.1 Å². The van der Waals surface area contributed by atoms with Crippen molar-refractivity contribution in [3.8, 4) is 5.75 Å². The number of halogens is 1. The normalized spacial score (nSPS) is 10.4. The van der Waals surface area contributed by atoms with Crippen LogP contribution in [-0.2, 0) is 13.6 Å². The highest BCUT2D eigenvalue weighted by Gasteiger charge is 2.06. The summed E-state index contributed by atoms with van der Waals surface area (Å²) in [4.78, 5) is 0. The second kappa shape index (κ2) is 5.44. The molecule has 0 fully saturated rings. The molecule has 2 rings (SSSR count). The van der Waals surface area contributed by atoms with Gasteiger partial charge in [0.2, 0.25) is 0 Å². The third kappa shape index (κ3) is 2.67. The van der Waals surface area contributed by atoms with Crippen molar-refractivity contribution in [3.63, 3.8) is 0 Å². The van der Waals surface area contributed by atoms with Gasteiger partial charge in [-0.1, -0.05) is 15.9 Å². The molecular formula is C13H16BrN3O. The number of nitrogens with one attached hydrogen (secondary N) is 1. The number of aromatic nitrogens is 2. The molecule has 18 heavy (non-hydrogen) atoms. The zero-order valence-corrected chi connectivity index (χ0v) is 12.3. The fourth-order valence-corrected chi connectivity index (χ4v) is 2.09. The van der Waals surface area contributed by atoms with E-state index in [9.17, 15) is 0 Å². The van der Waals surface area contributed by atoms with Crippen LogP contribution in [0.5, 0.6) is 5.75 Å². The van der Waals surface area contributed by atoms with Crippen LogP contribution in [0.2, 0.25) is 0 Å². The van der Waals surface area contributed by atoms with E-state index in [1.165, 1.54) is 5.56 Å². The molecule has 0 unspecified atom stereocenters. The van der Waals surface area contributed by atoms with Crippen molar-refractivity contribution >= 4 is 21.6 Å². The monoisotopic (exact) mass is 309 g/mol. The number of hydrogen-bond acceptors (Lipinski definition) is 3. The lowest BCUT2D eigenvalue weighted by Crippen LogP contribution is -2.03. The average molecular weight is 310 g/mol. The maximum absolute atomic E-state index is 5.32. The SMILES string of the molecule is COc1ccc(Br)cc1NCc1cnn(C)c1C. The van der Waals surface area contributed by atoms with Crippen LogP contribution in [0.15, 0.2) is 28.9 Å². The number of anilines is 1. The summed E-state index contributed by atoms with van der Waals surface area (Å²) in [6, 6.07) is 5.90. The van der Waals surface area contributed by atoms with Crippen LogP contribution < -0.4 is 10.1 Å². The Morgan fingerprint density at radius 2 is 2.22 bits per heavy atom. The van der Waals surface area contributed by atoms with Crippen molar-refractivity contribution in [1.29, 1.82) is 0 Å². The molecule has 0 saturated carbocycles. The van der Waals surface area contributed by atoms with E-state index in [1.807, 2.05) is 36.1 Å². The number of aryl methyl sites for hydroxylation is 1. The lowest BCUT2D eigenvalue weighted by molar-refractivity contribution is 0.416. The summed E-state index contributed by atoms with van der Waals surface area (Å²) < 4.78 is 8.21. The molecule has 0 aliphatic heterocycles. The minimum absolute atomic E-state index is 0.729. The zero-order valence-electron chi connectivity index (χ0n) is 10.7. The maximum Gasteiger partial charge on any atom is 0.142 e. The molecule has 2 aromatic rings. The maximum atomic E-state index is 5.32. The molecule has 1 N–H and O–H groups in total. The van der Waals surface area contributed by atoms with Gasteiger partial charge in [0, 0.05) is 29.3 Å². The Morgan fingerprint density at radius 3 is 2.83 bits per heavy atom. The van der Waals surface area contributed by atoms with Gasteiger partial charge in [-0.2, -0.15) is 5.10 Å². The Bertz CT molecular complexity index is 551. The van der Waals surface area contributed by atoms with Crippen LogP contribution in [0.25, 0.3) is 0 Å². The van der Waals surface area contributed by atoms with Crippen molar-refractivity contribution in [2.24, 2.45) is 7.05 Å². The van der Waals surface area contributed by atoms with E-state index in [-0.39, 0.29) is 0 Å². The van der Waals surface area contributed by atoms with Crippen molar-refractivity contribution in [1.82, 2.24) is 9.78 Å². The lowest BCUT2D eigenvalue weighted by atomic mass is 10.2. The molecule has 0 radical (unpaired) electrons. The van der Waals surface area contributed by atoms with Crippen LogP contribution in [0.3, 0.4) is 0 Å². The molecule has 0 atom stereocenters. The molecule has 0 spiro atoms. The zero-order chi connectivity index (χ0) is 13.1. The summed E-state index contributed by atoms with van der Waals surface area (Å²) in [5.41, 5.74) is 3.31. The second-order valence-corrected chi connectivity index (χ2v) is 4.99. The van der Waals surface area contributed by atoms with Crippen LogP contribution >= 0.6 is 15.9 Å². The highest BCUT2D eigenvalue weighted by atomic mass is 79.9. The van der Waals surface area contributed by atoms with Gasteiger partial charge in [-0.15, -0.1) is 0 Å². The van der Waals surface area contributed by atoms with Crippen molar-refractivity contribution in [2.45, 2.75) is 13.5 Å². The molecule has 1 aromatic carbocycles. The summed E-state index contributed by atoms with van der Waals surface area (Å²) in [7, 11) is 3.61. The van der Waals surface area contributed by atoms with Gasteiger partial charge in [-0.05, 0) is 25.1 Å². The van der Waals surface area contributed by atoms with E-state index in [2.05, 4.69) is 33.3 Å². The van der Waals surface area contributed by atoms with Crippen molar-refractivity contribution < 1.29 is 4.74 Å². The van der Waals surface area contributed by atoms with Crippen LogP contribution in [0.4, 0.5) is 5.69 Å². The number of hydrogen-bond donors (Lipinski definition) is 1.